The van der Waals surface area contributed by atoms with E-state index >= 15 is 0 Å². The highest BCUT2D eigenvalue weighted by atomic mass is 32.1. The number of likely N-dealkylation sites (tertiary alicyclic amines) is 1. The zero-order valence-electron chi connectivity index (χ0n) is 35.1. The number of nitrogens with one attached hydrogen (secondary N) is 5. The molecule has 5 amide bonds. The number of hydrogen-bond acceptors (Lipinski definition) is 9. The van der Waals surface area contributed by atoms with Crippen LogP contribution in [0.4, 0.5) is 4.39 Å². The Hall–Kier alpha value is -7.03. The molecule has 19 nitrogen and oxygen atoms in total. The Bertz CT molecular complexity index is 2300. The van der Waals surface area contributed by atoms with Gasteiger partial charge >= 0.3 is 5.97 Å². The normalized spacial score (nSPS) is 15.3. The largest absolute Gasteiger partial charge is 0.480 e. The van der Waals surface area contributed by atoms with Gasteiger partial charge in [-0.05, 0) is 79.3 Å². The first-order valence-corrected chi connectivity index (χ1v) is 21.7. The van der Waals surface area contributed by atoms with Crippen molar-refractivity contribution in [2.45, 2.75) is 88.0 Å². The molecule has 1 aliphatic heterocycles. The van der Waals surface area contributed by atoms with E-state index in [1.54, 1.807) is 12.3 Å². The number of rotatable bonds is 23. The molecule has 3 heterocycles. The van der Waals surface area contributed by atoms with Crippen molar-refractivity contribution in [1.82, 2.24) is 31.2 Å². The quantitative estimate of drug-likeness (QED) is 0.0278. The number of carbonyl (C=O) groups excluding carboxylic acids is 5. The second-order valence-corrected chi connectivity index (χ2v) is 16.4. The molecule has 0 saturated carbocycles. The van der Waals surface area contributed by atoms with E-state index in [1.165, 1.54) is 40.5 Å². The Morgan fingerprint density at radius 1 is 0.797 bits per heavy atom. The van der Waals surface area contributed by atoms with E-state index in [1.807, 2.05) is 35.7 Å². The molecule has 0 spiro atoms. The number of para-hydroxylation sites is 1. The highest BCUT2D eigenvalue weighted by molar-refractivity contribution is 7.10. The summed E-state index contributed by atoms with van der Waals surface area (Å²) in [7, 11) is 0. The number of guanidine groups is 2. The summed E-state index contributed by atoms with van der Waals surface area (Å²) < 4.78 is 14.0. The van der Waals surface area contributed by atoms with Crippen LogP contribution >= 0.6 is 11.3 Å². The summed E-state index contributed by atoms with van der Waals surface area (Å²) in [5.41, 5.74) is 23.8. The third-order valence-electron chi connectivity index (χ3n) is 10.6. The molecule has 5 atom stereocenters. The number of carboxylic acid groups (broad SMARTS) is 1. The molecule has 64 heavy (non-hydrogen) atoms. The highest BCUT2D eigenvalue weighted by Crippen LogP contribution is 2.22. The molecule has 4 aromatic rings. The number of nitrogens with two attached hydrogens (primary N) is 4. The fourth-order valence-electron chi connectivity index (χ4n) is 7.45. The minimum Gasteiger partial charge on any atom is -0.480 e. The molecule has 2 aromatic carbocycles. The number of nitrogens with zero attached hydrogens (tertiary/aromatic N) is 3. The van der Waals surface area contributed by atoms with Gasteiger partial charge in [0.1, 0.15) is 36.0 Å². The predicted octanol–water partition coefficient (Wildman–Crippen LogP) is 0.518. The Kier molecular flexibility index (Phi) is 17.6. The minimum absolute atomic E-state index is 0.00785. The van der Waals surface area contributed by atoms with Crippen molar-refractivity contribution >= 4 is 69.7 Å². The van der Waals surface area contributed by atoms with Gasteiger partial charge in [-0.15, -0.1) is 11.3 Å². The summed E-state index contributed by atoms with van der Waals surface area (Å²) in [6.45, 7) is 0.382. The van der Waals surface area contributed by atoms with Gasteiger partial charge in [0.15, 0.2) is 11.9 Å². The average Bonchev–Trinajstić information content (AvgIpc) is 4.05. The molecular weight excluding hydrogens is 848 g/mol. The zero-order chi connectivity index (χ0) is 46.2. The lowest BCUT2D eigenvalue weighted by atomic mass is 10.0. The first kappa shape index (κ1) is 48.0. The van der Waals surface area contributed by atoms with E-state index in [9.17, 15) is 38.3 Å². The summed E-state index contributed by atoms with van der Waals surface area (Å²) in [6.07, 6.45) is 2.83. The number of benzene rings is 2. The van der Waals surface area contributed by atoms with Crippen molar-refractivity contribution in [3.8, 4) is 0 Å². The fraction of sp³-hybridized carbons (Fsp3) is 0.395. The topological polar surface area (TPSA) is 319 Å². The number of thiophene rings is 1. The van der Waals surface area contributed by atoms with Crippen LogP contribution in [0.2, 0.25) is 0 Å². The van der Waals surface area contributed by atoms with Gasteiger partial charge in [0.2, 0.25) is 29.5 Å². The molecule has 2 aromatic heterocycles. The molecule has 0 aliphatic carbocycles. The van der Waals surface area contributed by atoms with E-state index < -0.39 is 71.5 Å². The number of amides is 5. The lowest BCUT2D eigenvalue weighted by molar-refractivity contribution is -0.145. The van der Waals surface area contributed by atoms with Crippen LogP contribution in [0.15, 0.2) is 82.2 Å². The number of carbonyl (C=O) groups is 6. The van der Waals surface area contributed by atoms with Crippen LogP contribution in [-0.2, 0) is 48.0 Å². The first-order chi connectivity index (χ1) is 30.7. The summed E-state index contributed by atoms with van der Waals surface area (Å²) in [6, 6.07) is 10.3. The van der Waals surface area contributed by atoms with Crippen molar-refractivity contribution in [3.63, 3.8) is 0 Å². The van der Waals surface area contributed by atoms with E-state index in [0.717, 1.165) is 21.3 Å². The number of aliphatic carboxylic acids is 1. The van der Waals surface area contributed by atoms with Crippen molar-refractivity contribution in [3.05, 3.63) is 94.1 Å². The number of fused-ring (bicyclic) bond motifs is 1. The number of H-pyrrole nitrogens is 1. The molecule has 0 bridgehead atoms. The van der Waals surface area contributed by atoms with E-state index in [4.69, 9.17) is 22.9 Å². The highest BCUT2D eigenvalue weighted by Gasteiger charge is 2.39. The number of aliphatic imine (C=N–C) groups is 2. The third-order valence-corrected chi connectivity index (χ3v) is 11.5. The van der Waals surface area contributed by atoms with Gasteiger partial charge in [0.05, 0.1) is 6.42 Å². The Morgan fingerprint density at radius 3 is 2.08 bits per heavy atom. The summed E-state index contributed by atoms with van der Waals surface area (Å²) in [5, 5.41) is 23.5. The second-order valence-electron chi connectivity index (χ2n) is 15.4. The molecule has 0 radical (unpaired) electrons. The second kappa shape index (κ2) is 23.4. The number of aromatic nitrogens is 1. The number of hydrogen-bond donors (Lipinski definition) is 10. The Labute approximate surface area is 372 Å². The Morgan fingerprint density at radius 2 is 1.44 bits per heavy atom. The fourth-order valence-corrected chi connectivity index (χ4v) is 8.15. The minimum atomic E-state index is -1.35. The van der Waals surface area contributed by atoms with Crippen molar-refractivity contribution in [1.29, 1.82) is 0 Å². The molecular formula is C43H55FN12O7S. The van der Waals surface area contributed by atoms with Crippen LogP contribution in [0.1, 0.15) is 54.5 Å². The molecule has 21 heteroatoms. The maximum absolute atomic E-state index is 14.5. The van der Waals surface area contributed by atoms with Gasteiger partial charge in [-0.1, -0.05) is 36.4 Å². The molecule has 14 N–H and O–H groups in total. The maximum Gasteiger partial charge on any atom is 0.326 e. The van der Waals surface area contributed by atoms with Crippen LogP contribution in [-0.4, -0.2) is 112 Å². The smallest absolute Gasteiger partial charge is 0.326 e. The molecule has 342 valence electrons. The molecule has 0 unspecified atom stereocenters. The lowest BCUT2D eigenvalue weighted by Crippen LogP contribution is -2.59. The molecule has 1 aliphatic rings. The first-order valence-electron chi connectivity index (χ1n) is 20.8. The average molecular weight is 903 g/mol. The van der Waals surface area contributed by atoms with Gasteiger partial charge in [0, 0.05) is 54.5 Å². The number of carboxylic acids is 1. The number of aromatic amines is 1. The van der Waals surface area contributed by atoms with Gasteiger partial charge in [0.25, 0.3) is 0 Å². The van der Waals surface area contributed by atoms with E-state index in [-0.39, 0.29) is 82.9 Å². The van der Waals surface area contributed by atoms with Crippen molar-refractivity contribution in [2.75, 3.05) is 19.6 Å². The molecule has 1 saturated heterocycles. The SMILES string of the molecule is NC(N)=NCCC[C@H](NC(=O)[C@@H]1CCCN1C(=O)[C@H](CCCN=C(N)N)NC(=O)[C@H](Cc1ccc(F)cc1)NC(=O)[C@H](Cc1c[nH]c2ccccc12)NC(=O)Cc1cccs1)C(=O)O. The van der Waals surface area contributed by atoms with Gasteiger partial charge in [-0.3, -0.25) is 34.0 Å². The maximum atomic E-state index is 14.5. The molecule has 1 fully saturated rings. The van der Waals surface area contributed by atoms with Crippen LogP contribution in [0.5, 0.6) is 0 Å². The van der Waals surface area contributed by atoms with Gasteiger partial charge < -0.3 is 59.2 Å². The van der Waals surface area contributed by atoms with E-state index in [2.05, 4.69) is 36.2 Å². The monoisotopic (exact) mass is 902 g/mol. The summed E-state index contributed by atoms with van der Waals surface area (Å²) >= 11 is 1.39. The van der Waals surface area contributed by atoms with E-state index in [0.29, 0.717) is 12.0 Å². The van der Waals surface area contributed by atoms with Gasteiger partial charge in [-0.2, -0.15) is 0 Å². The van der Waals surface area contributed by atoms with Crippen molar-refractivity contribution in [2.24, 2.45) is 32.9 Å². The summed E-state index contributed by atoms with van der Waals surface area (Å²) in [4.78, 5) is 95.4. The predicted molar refractivity (Wildman–Crippen MR) is 240 cm³/mol. The Balaban J connectivity index is 1.39. The zero-order valence-corrected chi connectivity index (χ0v) is 36.0. The van der Waals surface area contributed by atoms with Crippen LogP contribution in [0.25, 0.3) is 10.9 Å². The summed E-state index contributed by atoms with van der Waals surface area (Å²) in [5.74, 6) is -5.32. The van der Waals surface area contributed by atoms with Crippen molar-refractivity contribution < 1.29 is 38.3 Å². The van der Waals surface area contributed by atoms with Gasteiger partial charge in [-0.25, -0.2) is 9.18 Å². The molecule has 5 rings (SSSR count). The third kappa shape index (κ3) is 14.3. The van der Waals surface area contributed by atoms with Crippen LogP contribution in [0, 0.1) is 5.82 Å². The van der Waals surface area contributed by atoms with Crippen LogP contribution in [0.3, 0.4) is 0 Å². The lowest BCUT2D eigenvalue weighted by Gasteiger charge is -2.30. The standard InChI is InChI=1S/C43H55FN12O7S/c44-27-15-13-25(14-16-27)21-33(55-38(59)34(52-36(57)23-28-7-6-20-64-28)22-26-24-51-30-9-2-1-8-29(26)30)37(58)53-31(10-3-17-49-42(45)46)40(61)56-19-5-12-35(56)39(60)54-32(41(62)63)11-4-18-50-43(47)48/h1-2,6-9,13-16,20,24,31-35,51H,3-5,10-12,17-19,21-23H2,(H,52,57)(H,53,58)(H,54,60)(H,55,59)(H,62,63)(H4,45,46,49)(H4,47,48,50)/t31-,32-,33-,34-,35-/m0/s1. The van der Waals surface area contributed by atoms with Crippen LogP contribution < -0.4 is 44.2 Å². The number of halogens is 1.